The third kappa shape index (κ3) is 3.14. The number of nitrogens with zero attached hydrogens (tertiary/aromatic N) is 3. The van der Waals surface area contributed by atoms with E-state index in [1.807, 2.05) is 36.8 Å². The van der Waals surface area contributed by atoms with Crippen molar-refractivity contribution in [1.29, 1.82) is 0 Å². The number of aromatic amines is 1. The fourth-order valence-corrected chi connectivity index (χ4v) is 2.22. The molecular formula is C16H17N5. The Kier molecular flexibility index (Phi) is 4.02. The SMILES string of the molecule is CC(NCc1cn[nH]c1-c1cccnc1)c1cccnc1. The second-order valence-corrected chi connectivity index (χ2v) is 4.90. The van der Waals surface area contributed by atoms with E-state index in [0.717, 1.165) is 23.4 Å². The molecule has 0 bridgehead atoms. The van der Waals surface area contributed by atoms with Crippen molar-refractivity contribution in [3.05, 3.63) is 66.4 Å². The van der Waals surface area contributed by atoms with Crippen LogP contribution in [0.1, 0.15) is 24.1 Å². The third-order valence-corrected chi connectivity index (χ3v) is 3.45. The Morgan fingerprint density at radius 2 is 1.90 bits per heavy atom. The van der Waals surface area contributed by atoms with E-state index in [-0.39, 0.29) is 6.04 Å². The summed E-state index contributed by atoms with van der Waals surface area (Å²) >= 11 is 0. The Balaban J connectivity index is 1.71. The van der Waals surface area contributed by atoms with Crippen molar-refractivity contribution in [1.82, 2.24) is 25.5 Å². The molecule has 0 aliphatic carbocycles. The first-order valence-electron chi connectivity index (χ1n) is 6.90. The maximum atomic E-state index is 4.15. The molecule has 0 radical (unpaired) electrons. The zero-order valence-corrected chi connectivity index (χ0v) is 11.8. The molecule has 5 nitrogen and oxygen atoms in total. The lowest BCUT2D eigenvalue weighted by atomic mass is 10.1. The van der Waals surface area contributed by atoms with E-state index in [0.29, 0.717) is 0 Å². The van der Waals surface area contributed by atoms with Crippen LogP contribution in [0.3, 0.4) is 0 Å². The highest BCUT2D eigenvalue weighted by Crippen LogP contribution is 2.20. The van der Waals surface area contributed by atoms with Crippen LogP contribution in [-0.4, -0.2) is 20.2 Å². The Morgan fingerprint density at radius 3 is 2.62 bits per heavy atom. The van der Waals surface area contributed by atoms with Crippen LogP contribution in [0.4, 0.5) is 0 Å². The zero-order chi connectivity index (χ0) is 14.5. The molecule has 3 aromatic heterocycles. The summed E-state index contributed by atoms with van der Waals surface area (Å²) in [5, 5.41) is 10.7. The van der Waals surface area contributed by atoms with Crippen LogP contribution in [0.5, 0.6) is 0 Å². The van der Waals surface area contributed by atoms with E-state index in [2.05, 4.69) is 38.5 Å². The van der Waals surface area contributed by atoms with Gasteiger partial charge in [0.15, 0.2) is 0 Å². The largest absolute Gasteiger partial charge is 0.306 e. The average Bonchev–Trinajstić information content (AvgIpc) is 3.03. The van der Waals surface area contributed by atoms with Gasteiger partial charge in [0.25, 0.3) is 0 Å². The van der Waals surface area contributed by atoms with Gasteiger partial charge < -0.3 is 5.32 Å². The Labute approximate surface area is 123 Å². The third-order valence-electron chi connectivity index (χ3n) is 3.45. The molecule has 0 aliphatic heterocycles. The summed E-state index contributed by atoms with van der Waals surface area (Å²) in [6.45, 7) is 2.86. The van der Waals surface area contributed by atoms with Gasteiger partial charge in [-0.15, -0.1) is 0 Å². The van der Waals surface area contributed by atoms with Crippen LogP contribution >= 0.6 is 0 Å². The maximum absolute atomic E-state index is 4.15. The lowest BCUT2D eigenvalue weighted by molar-refractivity contribution is 0.573. The molecule has 21 heavy (non-hydrogen) atoms. The van der Waals surface area contributed by atoms with Gasteiger partial charge in [0.2, 0.25) is 0 Å². The lowest BCUT2D eigenvalue weighted by Gasteiger charge is -2.13. The van der Waals surface area contributed by atoms with Crippen LogP contribution in [0, 0.1) is 0 Å². The highest BCUT2D eigenvalue weighted by Gasteiger charge is 2.10. The highest BCUT2D eigenvalue weighted by atomic mass is 15.1. The molecule has 0 amide bonds. The molecule has 0 fully saturated rings. The Morgan fingerprint density at radius 1 is 1.10 bits per heavy atom. The minimum atomic E-state index is 0.232. The molecule has 5 heteroatoms. The Bertz CT molecular complexity index is 678. The summed E-state index contributed by atoms with van der Waals surface area (Å²) in [6.07, 6.45) is 9.12. The summed E-state index contributed by atoms with van der Waals surface area (Å²) in [4.78, 5) is 8.30. The minimum Gasteiger partial charge on any atom is -0.306 e. The molecule has 2 N–H and O–H groups in total. The summed E-state index contributed by atoms with van der Waals surface area (Å²) in [5.41, 5.74) is 4.34. The average molecular weight is 279 g/mol. The summed E-state index contributed by atoms with van der Waals surface area (Å²) < 4.78 is 0. The van der Waals surface area contributed by atoms with E-state index in [4.69, 9.17) is 0 Å². The Hall–Kier alpha value is -2.53. The predicted molar refractivity (Wildman–Crippen MR) is 81.3 cm³/mol. The van der Waals surface area contributed by atoms with Gasteiger partial charge in [-0.1, -0.05) is 6.07 Å². The smallest absolute Gasteiger partial charge is 0.0710 e. The molecule has 0 spiro atoms. The van der Waals surface area contributed by atoms with Crippen LogP contribution in [0.15, 0.2) is 55.2 Å². The van der Waals surface area contributed by atoms with Gasteiger partial charge >= 0.3 is 0 Å². The van der Waals surface area contributed by atoms with Gasteiger partial charge in [-0.05, 0) is 30.7 Å². The molecule has 3 aromatic rings. The van der Waals surface area contributed by atoms with Crippen molar-refractivity contribution in [2.45, 2.75) is 19.5 Å². The number of aromatic nitrogens is 4. The first-order chi connectivity index (χ1) is 10.3. The number of rotatable bonds is 5. The van der Waals surface area contributed by atoms with Gasteiger partial charge in [0.05, 0.1) is 11.9 Å². The first-order valence-corrected chi connectivity index (χ1v) is 6.90. The van der Waals surface area contributed by atoms with E-state index in [1.54, 1.807) is 12.4 Å². The minimum absolute atomic E-state index is 0.232. The number of nitrogens with one attached hydrogen (secondary N) is 2. The number of hydrogen-bond acceptors (Lipinski definition) is 4. The molecule has 0 aliphatic rings. The van der Waals surface area contributed by atoms with Gasteiger partial charge in [0, 0.05) is 48.5 Å². The standard InChI is InChI=1S/C16H17N5/c1-12(13-4-2-6-17-8-13)19-10-15-11-20-21-16(15)14-5-3-7-18-9-14/h2-9,11-12,19H,10H2,1H3,(H,20,21). The maximum Gasteiger partial charge on any atom is 0.0710 e. The van der Waals surface area contributed by atoms with Gasteiger partial charge in [-0.2, -0.15) is 5.10 Å². The van der Waals surface area contributed by atoms with Gasteiger partial charge in [-0.25, -0.2) is 0 Å². The zero-order valence-electron chi connectivity index (χ0n) is 11.8. The van der Waals surface area contributed by atoms with Crippen LogP contribution in [-0.2, 0) is 6.54 Å². The lowest BCUT2D eigenvalue weighted by Crippen LogP contribution is -2.18. The van der Waals surface area contributed by atoms with Crippen LogP contribution in [0.25, 0.3) is 11.3 Å². The molecule has 0 saturated carbocycles. The quantitative estimate of drug-likeness (QED) is 0.753. The number of hydrogen-bond donors (Lipinski definition) is 2. The molecule has 0 aromatic carbocycles. The van der Waals surface area contributed by atoms with Crippen molar-refractivity contribution in [3.8, 4) is 11.3 Å². The predicted octanol–water partition coefficient (Wildman–Crippen LogP) is 2.72. The van der Waals surface area contributed by atoms with E-state index >= 15 is 0 Å². The topological polar surface area (TPSA) is 66.5 Å². The summed E-state index contributed by atoms with van der Waals surface area (Å²) in [7, 11) is 0. The van der Waals surface area contributed by atoms with Crippen LogP contribution in [0.2, 0.25) is 0 Å². The van der Waals surface area contributed by atoms with E-state index in [1.165, 1.54) is 5.56 Å². The molecule has 1 atom stereocenters. The molecule has 1 unspecified atom stereocenters. The van der Waals surface area contributed by atoms with Gasteiger partial charge in [-0.3, -0.25) is 15.1 Å². The second-order valence-electron chi connectivity index (χ2n) is 4.90. The van der Waals surface area contributed by atoms with Gasteiger partial charge in [0.1, 0.15) is 0 Å². The normalized spacial score (nSPS) is 12.2. The second kappa shape index (κ2) is 6.28. The molecule has 106 valence electrons. The first kappa shape index (κ1) is 13.5. The molecule has 3 rings (SSSR count). The van der Waals surface area contributed by atoms with Crippen molar-refractivity contribution >= 4 is 0 Å². The van der Waals surface area contributed by atoms with E-state index in [9.17, 15) is 0 Å². The van der Waals surface area contributed by atoms with Crippen molar-refractivity contribution in [2.75, 3.05) is 0 Å². The molecular weight excluding hydrogens is 262 g/mol. The van der Waals surface area contributed by atoms with E-state index < -0.39 is 0 Å². The van der Waals surface area contributed by atoms with Crippen molar-refractivity contribution in [2.24, 2.45) is 0 Å². The van der Waals surface area contributed by atoms with Crippen molar-refractivity contribution < 1.29 is 0 Å². The fourth-order valence-electron chi connectivity index (χ4n) is 2.22. The summed E-state index contributed by atoms with van der Waals surface area (Å²) in [5.74, 6) is 0. The van der Waals surface area contributed by atoms with Crippen molar-refractivity contribution in [3.63, 3.8) is 0 Å². The highest BCUT2D eigenvalue weighted by molar-refractivity contribution is 5.61. The summed E-state index contributed by atoms with van der Waals surface area (Å²) in [6, 6.07) is 8.20. The molecule has 0 saturated heterocycles. The molecule has 3 heterocycles. The fraction of sp³-hybridized carbons (Fsp3) is 0.188. The number of H-pyrrole nitrogens is 1. The van der Waals surface area contributed by atoms with Crippen LogP contribution < -0.4 is 5.32 Å². The number of pyridine rings is 2. The monoisotopic (exact) mass is 279 g/mol.